The second-order valence-electron chi connectivity index (χ2n) is 11.5. The molecule has 3 fully saturated rings. The summed E-state index contributed by atoms with van der Waals surface area (Å²) >= 11 is 0. The third-order valence-corrected chi connectivity index (χ3v) is 9.12. The molecule has 38 heavy (non-hydrogen) atoms. The minimum Gasteiger partial charge on any atom is -0.381 e. The molecule has 4 aliphatic rings. The molecule has 2 aromatic heterocycles. The van der Waals surface area contributed by atoms with Gasteiger partial charge in [-0.2, -0.15) is 5.10 Å². The van der Waals surface area contributed by atoms with E-state index in [0.717, 1.165) is 50.5 Å². The van der Waals surface area contributed by atoms with Crippen LogP contribution >= 0.6 is 0 Å². The molecular weight excluding hydrogens is 484 g/mol. The molecule has 10 nitrogen and oxygen atoms in total. The molecule has 0 aromatic carbocycles. The second kappa shape index (κ2) is 10.1. The number of nitrogens with one attached hydrogen (secondary N) is 3. The predicted molar refractivity (Wildman–Crippen MR) is 141 cm³/mol. The van der Waals surface area contributed by atoms with Gasteiger partial charge in [-0.15, -0.1) is 0 Å². The van der Waals surface area contributed by atoms with E-state index in [0.29, 0.717) is 49.2 Å². The molecule has 0 radical (unpaired) electrons. The Hall–Kier alpha value is -3.27. The van der Waals surface area contributed by atoms with Crippen LogP contribution in [0, 0.1) is 11.8 Å². The van der Waals surface area contributed by atoms with Crippen molar-refractivity contribution >= 4 is 29.2 Å². The third-order valence-electron chi connectivity index (χ3n) is 9.12. The number of amides is 3. The number of carbonyl (C=O) groups excluding carboxylic acids is 3. The zero-order valence-corrected chi connectivity index (χ0v) is 21.9. The van der Waals surface area contributed by atoms with E-state index in [1.807, 2.05) is 0 Å². The van der Waals surface area contributed by atoms with E-state index in [1.165, 1.54) is 0 Å². The molecule has 6 rings (SSSR count). The van der Waals surface area contributed by atoms with Crippen molar-refractivity contribution in [1.82, 2.24) is 20.1 Å². The Labute approximate surface area is 222 Å². The Morgan fingerprint density at radius 2 is 1.92 bits per heavy atom. The van der Waals surface area contributed by atoms with Gasteiger partial charge in [0.15, 0.2) is 0 Å². The highest BCUT2D eigenvalue weighted by Gasteiger charge is 2.48. The Kier molecular flexibility index (Phi) is 6.67. The highest BCUT2D eigenvalue weighted by Crippen LogP contribution is 2.44. The fourth-order valence-corrected chi connectivity index (χ4v) is 6.44. The summed E-state index contributed by atoms with van der Waals surface area (Å²) in [5, 5.41) is 13.3. The summed E-state index contributed by atoms with van der Waals surface area (Å²) < 4.78 is 7.28. The van der Waals surface area contributed by atoms with Crippen LogP contribution in [0.4, 0.5) is 11.5 Å². The average Bonchev–Trinajstić information content (AvgIpc) is 3.45. The van der Waals surface area contributed by atoms with Gasteiger partial charge in [-0.1, -0.05) is 19.8 Å². The van der Waals surface area contributed by atoms with Crippen LogP contribution in [0.2, 0.25) is 0 Å². The first-order chi connectivity index (χ1) is 18.4. The summed E-state index contributed by atoms with van der Waals surface area (Å²) in [6, 6.07) is 3.01. The van der Waals surface area contributed by atoms with Crippen molar-refractivity contribution < 1.29 is 19.1 Å². The molecule has 1 saturated heterocycles. The van der Waals surface area contributed by atoms with Gasteiger partial charge in [0.2, 0.25) is 11.8 Å². The van der Waals surface area contributed by atoms with Crippen molar-refractivity contribution in [3.63, 3.8) is 0 Å². The van der Waals surface area contributed by atoms with Gasteiger partial charge in [0.05, 0.1) is 17.1 Å². The van der Waals surface area contributed by atoms with E-state index in [4.69, 9.17) is 4.74 Å². The standard InChI is InChI=1S/C28H36N6O4/c1-17-5-7-18(8-6-17)24(33-25(35)22-9-12-30-34(22)19-3-2-4-19)26(36)32-23-15-21-20(16-29-23)28(27(37)31-21)10-13-38-14-11-28/h9,12,15-19,24H,2-8,10-11,13-14H2,1H3,(H,31,37)(H,33,35)(H,29,32,36). The van der Waals surface area contributed by atoms with Crippen molar-refractivity contribution in [3.05, 3.63) is 35.8 Å². The molecule has 0 bridgehead atoms. The number of aromatic nitrogens is 3. The van der Waals surface area contributed by atoms with Crippen LogP contribution in [0.5, 0.6) is 0 Å². The Balaban J connectivity index is 1.21. The largest absolute Gasteiger partial charge is 0.381 e. The van der Waals surface area contributed by atoms with Crippen molar-refractivity contribution in [1.29, 1.82) is 0 Å². The monoisotopic (exact) mass is 520 g/mol. The molecule has 2 aliphatic carbocycles. The Bertz CT molecular complexity index is 1220. The maximum absolute atomic E-state index is 13.7. The zero-order chi connectivity index (χ0) is 26.3. The molecule has 10 heteroatoms. The molecule has 3 N–H and O–H groups in total. The van der Waals surface area contributed by atoms with Crippen LogP contribution in [-0.2, 0) is 19.7 Å². The lowest BCUT2D eigenvalue weighted by Gasteiger charge is -2.33. The summed E-state index contributed by atoms with van der Waals surface area (Å²) in [4.78, 5) is 44.4. The normalized spacial score (nSPS) is 25.2. The number of rotatable bonds is 6. The topological polar surface area (TPSA) is 127 Å². The van der Waals surface area contributed by atoms with E-state index in [2.05, 4.69) is 33.0 Å². The number of ether oxygens (including phenoxy) is 1. The first kappa shape index (κ1) is 25.0. The van der Waals surface area contributed by atoms with Crippen LogP contribution in [0.1, 0.15) is 86.8 Å². The smallest absolute Gasteiger partial charge is 0.270 e. The van der Waals surface area contributed by atoms with Gasteiger partial charge in [0, 0.05) is 37.2 Å². The number of anilines is 2. The van der Waals surface area contributed by atoms with E-state index in [1.54, 1.807) is 29.2 Å². The van der Waals surface area contributed by atoms with Crippen molar-refractivity contribution in [2.45, 2.75) is 82.2 Å². The van der Waals surface area contributed by atoms with Gasteiger partial charge in [-0.25, -0.2) is 4.98 Å². The van der Waals surface area contributed by atoms with E-state index in [-0.39, 0.29) is 29.7 Å². The van der Waals surface area contributed by atoms with Gasteiger partial charge < -0.3 is 20.7 Å². The highest BCUT2D eigenvalue weighted by molar-refractivity contribution is 6.07. The maximum Gasteiger partial charge on any atom is 0.270 e. The zero-order valence-electron chi connectivity index (χ0n) is 21.9. The molecule has 4 heterocycles. The van der Waals surface area contributed by atoms with E-state index in [9.17, 15) is 14.4 Å². The number of hydrogen-bond donors (Lipinski definition) is 3. The Morgan fingerprint density at radius 1 is 1.16 bits per heavy atom. The van der Waals surface area contributed by atoms with Crippen molar-refractivity contribution in [3.8, 4) is 0 Å². The summed E-state index contributed by atoms with van der Waals surface area (Å²) in [5.74, 6) is 0.417. The lowest BCUT2D eigenvalue weighted by Crippen LogP contribution is -2.50. The maximum atomic E-state index is 13.7. The second-order valence-corrected chi connectivity index (χ2v) is 11.5. The van der Waals surface area contributed by atoms with Crippen LogP contribution < -0.4 is 16.0 Å². The third kappa shape index (κ3) is 4.48. The molecule has 2 saturated carbocycles. The summed E-state index contributed by atoms with van der Waals surface area (Å²) in [5.41, 5.74) is 1.43. The highest BCUT2D eigenvalue weighted by atomic mass is 16.5. The van der Waals surface area contributed by atoms with Gasteiger partial charge in [-0.05, 0) is 62.8 Å². The van der Waals surface area contributed by atoms with Gasteiger partial charge >= 0.3 is 0 Å². The lowest BCUT2D eigenvalue weighted by atomic mass is 9.76. The van der Waals surface area contributed by atoms with Crippen LogP contribution in [0.15, 0.2) is 24.5 Å². The molecule has 1 spiro atoms. The van der Waals surface area contributed by atoms with Gasteiger partial charge in [0.25, 0.3) is 5.91 Å². The Morgan fingerprint density at radius 3 is 2.63 bits per heavy atom. The first-order valence-electron chi connectivity index (χ1n) is 14.0. The molecule has 3 amide bonds. The van der Waals surface area contributed by atoms with Crippen LogP contribution in [0.3, 0.4) is 0 Å². The van der Waals surface area contributed by atoms with E-state index < -0.39 is 11.5 Å². The molecular formula is C28H36N6O4. The van der Waals surface area contributed by atoms with Gasteiger partial charge in [0.1, 0.15) is 17.6 Å². The summed E-state index contributed by atoms with van der Waals surface area (Å²) in [6.45, 7) is 3.30. The fourth-order valence-electron chi connectivity index (χ4n) is 6.44. The van der Waals surface area contributed by atoms with Crippen LogP contribution in [-0.4, -0.2) is 51.7 Å². The number of fused-ring (bicyclic) bond motifs is 2. The average molecular weight is 521 g/mol. The molecule has 1 unspecified atom stereocenters. The first-order valence-corrected chi connectivity index (χ1v) is 14.0. The molecule has 2 aromatic rings. The van der Waals surface area contributed by atoms with Crippen LogP contribution in [0.25, 0.3) is 0 Å². The molecule has 202 valence electrons. The minimum absolute atomic E-state index is 0.0365. The minimum atomic E-state index is -0.689. The SMILES string of the molecule is CC1CCC(C(NC(=O)c2ccnn2C2CCC2)C(=O)Nc2cc3c(cn2)C2(CCOCC2)C(=O)N3)CC1. The quantitative estimate of drug-likeness (QED) is 0.534. The summed E-state index contributed by atoms with van der Waals surface area (Å²) in [7, 11) is 0. The lowest BCUT2D eigenvalue weighted by molar-refractivity contribution is -0.124. The number of hydrogen-bond acceptors (Lipinski definition) is 6. The fraction of sp³-hybridized carbons (Fsp3) is 0.607. The number of carbonyl (C=O) groups is 3. The van der Waals surface area contributed by atoms with Gasteiger partial charge in [-0.3, -0.25) is 19.1 Å². The predicted octanol–water partition coefficient (Wildman–Crippen LogP) is 3.57. The van der Waals surface area contributed by atoms with Crippen molar-refractivity contribution in [2.75, 3.05) is 23.8 Å². The molecule has 1 atom stereocenters. The summed E-state index contributed by atoms with van der Waals surface area (Å²) in [6.07, 6.45) is 11.6. The molecule has 2 aliphatic heterocycles. The number of pyridine rings is 1. The number of nitrogens with zero attached hydrogens (tertiary/aromatic N) is 3. The van der Waals surface area contributed by atoms with Crippen molar-refractivity contribution in [2.24, 2.45) is 11.8 Å². The van der Waals surface area contributed by atoms with E-state index >= 15 is 0 Å².